The van der Waals surface area contributed by atoms with E-state index in [-0.39, 0.29) is 80.6 Å². The molecule has 2 heterocycles. The van der Waals surface area contributed by atoms with Crippen LogP contribution < -0.4 is 66.5 Å². The minimum atomic E-state index is -4.02. The van der Waals surface area contributed by atoms with Crippen molar-refractivity contribution in [3.63, 3.8) is 0 Å². The summed E-state index contributed by atoms with van der Waals surface area (Å²) >= 11 is 0. The van der Waals surface area contributed by atoms with E-state index in [9.17, 15) is 17.6 Å². The normalized spacial score (nSPS) is 11.1. The van der Waals surface area contributed by atoms with E-state index in [4.69, 9.17) is 9.15 Å². The molecular weight excluding hydrogens is 490 g/mol. The third kappa shape index (κ3) is 5.89. The van der Waals surface area contributed by atoms with Gasteiger partial charge in [0.15, 0.2) is 10.2 Å². The first-order valence-electron chi connectivity index (χ1n) is 9.72. The van der Waals surface area contributed by atoms with Crippen LogP contribution in [0.15, 0.2) is 64.1 Å². The molecule has 0 fully saturated rings. The minimum Gasteiger partial charge on any atom is -0.561 e. The topological polar surface area (TPSA) is 125 Å². The third-order valence-electron chi connectivity index (χ3n) is 4.91. The Morgan fingerprint density at radius 1 is 1.15 bits per heavy atom. The molecule has 1 N–H and O–H groups in total. The first-order valence-corrected chi connectivity index (χ1v) is 11.2. The minimum absolute atomic E-state index is 0. The van der Waals surface area contributed by atoms with E-state index < -0.39 is 21.7 Å². The van der Waals surface area contributed by atoms with Crippen LogP contribution in [0.25, 0.3) is 15.7 Å². The summed E-state index contributed by atoms with van der Waals surface area (Å²) in [6.45, 7) is 1.73. The fraction of sp³-hybridized carbons (Fsp3) is 0.136. The predicted molar refractivity (Wildman–Crippen MR) is 120 cm³/mol. The van der Waals surface area contributed by atoms with Crippen molar-refractivity contribution in [3.8, 4) is 11.8 Å². The molecule has 0 spiro atoms. The number of hydrogen-bond acceptors (Lipinski definition) is 7. The van der Waals surface area contributed by atoms with Gasteiger partial charge < -0.3 is 13.9 Å². The average molecular weight is 509 g/mol. The maximum atomic E-state index is 14.9. The van der Waals surface area contributed by atoms with Crippen molar-refractivity contribution in [2.75, 3.05) is 7.05 Å². The van der Waals surface area contributed by atoms with Crippen LogP contribution >= 0.6 is 0 Å². The Morgan fingerprint density at radius 3 is 2.59 bits per heavy atom. The summed E-state index contributed by atoms with van der Waals surface area (Å²) < 4.78 is 54.7. The number of rotatable bonds is 7. The Bertz CT molecular complexity index is 1500. The van der Waals surface area contributed by atoms with Gasteiger partial charge in [0.1, 0.15) is 17.1 Å². The van der Waals surface area contributed by atoms with E-state index in [2.05, 4.69) is 14.7 Å². The molecule has 0 aliphatic carbocycles. The molecule has 4 aromatic rings. The van der Waals surface area contributed by atoms with Crippen LogP contribution in [0.3, 0.4) is 0 Å². The second-order valence-corrected chi connectivity index (χ2v) is 8.52. The molecule has 12 heteroatoms. The van der Waals surface area contributed by atoms with Crippen LogP contribution in [0.4, 0.5) is 10.1 Å². The molecule has 0 unspecified atom stereocenters. The molecule has 0 amide bonds. The van der Waals surface area contributed by atoms with Gasteiger partial charge in [0.2, 0.25) is 0 Å². The van der Waals surface area contributed by atoms with Crippen molar-refractivity contribution >= 4 is 26.9 Å². The molecule has 0 aliphatic rings. The first kappa shape index (κ1) is 26.4. The molecule has 2 aromatic carbocycles. The molecule has 4 rings (SSSR count). The van der Waals surface area contributed by atoms with E-state index >= 15 is 0 Å². The van der Waals surface area contributed by atoms with E-state index in [1.165, 1.54) is 37.6 Å². The van der Waals surface area contributed by atoms with E-state index in [0.717, 1.165) is 0 Å². The Morgan fingerprint density at radius 2 is 1.88 bits per heavy atom. The quantitative estimate of drug-likeness (QED) is 0.290. The fourth-order valence-electron chi connectivity index (χ4n) is 3.22. The molecule has 0 aliphatic heterocycles. The van der Waals surface area contributed by atoms with Gasteiger partial charge in [-0.2, -0.15) is 0 Å². The van der Waals surface area contributed by atoms with Crippen LogP contribution in [0.5, 0.6) is 11.8 Å². The van der Waals surface area contributed by atoms with Gasteiger partial charge in [0.05, 0.1) is 0 Å². The van der Waals surface area contributed by atoms with Crippen molar-refractivity contribution in [2.45, 2.75) is 13.3 Å². The summed E-state index contributed by atoms with van der Waals surface area (Å²) in [6, 6.07) is 10.9. The van der Waals surface area contributed by atoms with Crippen LogP contribution in [0.1, 0.15) is 16.7 Å². The van der Waals surface area contributed by atoms with Gasteiger partial charge in [-0.15, -0.1) is 0 Å². The summed E-state index contributed by atoms with van der Waals surface area (Å²) in [6.07, 6.45) is 2.97. The van der Waals surface area contributed by atoms with Gasteiger partial charge in [0, 0.05) is 35.8 Å². The maximum absolute atomic E-state index is 14.9. The zero-order chi connectivity index (χ0) is 23.6. The van der Waals surface area contributed by atoms with Crippen molar-refractivity contribution in [1.29, 1.82) is 0 Å². The summed E-state index contributed by atoms with van der Waals surface area (Å²) in [5.74, 6) is -0.447. The molecule has 2 aromatic heterocycles. The predicted octanol–water partition coefficient (Wildman–Crippen LogP) is 0.887. The monoisotopic (exact) mass is 508 g/mol. The van der Waals surface area contributed by atoms with E-state index in [1.54, 1.807) is 31.2 Å². The van der Waals surface area contributed by atoms with Crippen molar-refractivity contribution in [1.82, 2.24) is 14.7 Å². The van der Waals surface area contributed by atoms with Gasteiger partial charge in [0.25, 0.3) is 0 Å². The second-order valence-electron chi connectivity index (χ2n) is 6.98. The van der Waals surface area contributed by atoms with Crippen LogP contribution in [-0.4, -0.2) is 25.4 Å². The summed E-state index contributed by atoms with van der Waals surface area (Å²) in [7, 11) is -2.85. The molecule has 0 saturated heterocycles. The zero-order valence-electron chi connectivity index (χ0n) is 18.6. The standard InChI is InChI=1S/C22H18FN4O5S.K/c1-13-16-8-7-15(31-22-25-9-4-10-26-22)12-19(16)32-21(28)17(13)11-14-5-3-6-18(20(14)23)27-33(29,30)24-2;/h3-10,12,24H,11H2,1-2H3;/q-1;+1. The summed E-state index contributed by atoms with van der Waals surface area (Å²) in [5.41, 5.74) is 0.258. The summed E-state index contributed by atoms with van der Waals surface area (Å²) in [4.78, 5) is 20.7. The molecule has 34 heavy (non-hydrogen) atoms. The SMILES string of the molecule is CNS(=O)(=O)[N-]c1cccc(Cc2c(C)c3ccc(Oc4ncccn4)cc3oc2=O)c1F.[K+]. The van der Waals surface area contributed by atoms with Crippen molar-refractivity contribution < 1.29 is 73.3 Å². The third-order valence-corrected chi connectivity index (χ3v) is 5.87. The Hall–Kier alpha value is -2.19. The molecule has 170 valence electrons. The number of halogens is 1. The largest absolute Gasteiger partial charge is 1.00 e. The van der Waals surface area contributed by atoms with Gasteiger partial charge in [-0.05, 0) is 43.3 Å². The average Bonchev–Trinajstić information content (AvgIpc) is 2.79. The number of benzene rings is 2. The van der Waals surface area contributed by atoms with Gasteiger partial charge in [-0.1, -0.05) is 23.9 Å². The fourth-order valence-corrected chi connectivity index (χ4v) is 3.72. The van der Waals surface area contributed by atoms with Crippen LogP contribution in [-0.2, 0) is 16.6 Å². The number of nitrogens with zero attached hydrogens (tertiary/aromatic N) is 3. The molecular formula is C22H18FKN4O5S. The smallest absolute Gasteiger partial charge is 0.561 e. The zero-order valence-corrected chi connectivity index (χ0v) is 22.5. The molecule has 9 nitrogen and oxygen atoms in total. The van der Waals surface area contributed by atoms with Gasteiger partial charge in [-0.25, -0.2) is 32.3 Å². The first-order chi connectivity index (χ1) is 15.8. The maximum Gasteiger partial charge on any atom is 1.00 e. The number of nitrogens with one attached hydrogen (secondary N) is 1. The summed E-state index contributed by atoms with van der Waals surface area (Å²) in [5, 5.41) is 0.643. The molecule has 0 radical (unpaired) electrons. The number of fused-ring (bicyclic) bond motifs is 1. The second kappa shape index (κ2) is 11.0. The van der Waals surface area contributed by atoms with E-state index in [1.807, 2.05) is 4.72 Å². The molecule has 0 atom stereocenters. The van der Waals surface area contributed by atoms with E-state index in [0.29, 0.717) is 22.3 Å². The Kier molecular flexibility index (Phi) is 8.57. The molecule has 0 saturated carbocycles. The van der Waals surface area contributed by atoms with Crippen LogP contribution in [0.2, 0.25) is 0 Å². The molecule has 0 bridgehead atoms. The number of ether oxygens (including phenoxy) is 1. The van der Waals surface area contributed by atoms with Crippen molar-refractivity contribution in [2.24, 2.45) is 0 Å². The number of aromatic nitrogens is 2. The number of hydrogen-bond donors (Lipinski definition) is 1. The number of aryl methyl sites for hydroxylation is 1. The van der Waals surface area contributed by atoms with Gasteiger partial charge in [-0.3, -0.25) is 0 Å². The van der Waals surface area contributed by atoms with Crippen LogP contribution in [0, 0.1) is 12.7 Å². The Labute approximate surface area is 237 Å². The van der Waals surface area contributed by atoms with Crippen molar-refractivity contribution in [3.05, 3.63) is 92.5 Å². The van der Waals surface area contributed by atoms with Gasteiger partial charge >= 0.3 is 63.0 Å². The Balaban J connectivity index is 0.00000324.